The Morgan fingerprint density at radius 1 is 1.59 bits per heavy atom. The van der Waals surface area contributed by atoms with Gasteiger partial charge in [-0.3, -0.25) is 4.68 Å². The van der Waals surface area contributed by atoms with E-state index in [0.29, 0.717) is 6.04 Å². The number of thiophene rings is 1. The molecule has 2 rings (SSSR count). The molecule has 0 saturated heterocycles. The van der Waals surface area contributed by atoms with Crippen LogP contribution in [0.2, 0.25) is 0 Å². The highest BCUT2D eigenvalue weighted by Gasteiger charge is 2.13. The monoisotopic (exact) mass is 313 g/mol. The second-order valence-electron chi connectivity index (χ2n) is 4.02. The number of hydrogen-bond donors (Lipinski definition) is 1. The summed E-state index contributed by atoms with van der Waals surface area (Å²) in [6.07, 6.45) is 4.99. The lowest BCUT2D eigenvalue weighted by atomic mass is 10.0. The van der Waals surface area contributed by atoms with Gasteiger partial charge in [0.2, 0.25) is 0 Å². The van der Waals surface area contributed by atoms with Crippen molar-refractivity contribution in [2.75, 3.05) is 6.54 Å². The normalized spacial score (nSPS) is 12.9. The lowest BCUT2D eigenvalue weighted by Crippen LogP contribution is -2.22. The maximum Gasteiger partial charge on any atom is 0.0701 e. The zero-order chi connectivity index (χ0) is 12.3. The largest absolute Gasteiger partial charge is 0.310 e. The molecular formula is C12H16BrN3S. The first kappa shape index (κ1) is 12.8. The highest BCUT2D eigenvalue weighted by molar-refractivity contribution is 9.11. The molecule has 0 aliphatic carbocycles. The molecule has 0 aliphatic heterocycles. The first-order valence-corrected chi connectivity index (χ1v) is 7.31. The highest BCUT2D eigenvalue weighted by atomic mass is 79.9. The van der Waals surface area contributed by atoms with Crippen molar-refractivity contribution in [1.82, 2.24) is 15.1 Å². The Hall–Kier alpha value is -0.650. The van der Waals surface area contributed by atoms with E-state index in [2.05, 4.69) is 50.9 Å². The van der Waals surface area contributed by atoms with Crippen molar-refractivity contribution in [3.8, 4) is 0 Å². The predicted octanol–water partition coefficient (Wildman–Crippen LogP) is 3.14. The van der Waals surface area contributed by atoms with Gasteiger partial charge in [-0.1, -0.05) is 6.92 Å². The third-order valence-corrected chi connectivity index (χ3v) is 4.16. The summed E-state index contributed by atoms with van der Waals surface area (Å²) in [7, 11) is 1.95. The smallest absolute Gasteiger partial charge is 0.0701 e. The average molecular weight is 314 g/mol. The minimum atomic E-state index is 0.367. The van der Waals surface area contributed by atoms with E-state index in [0.717, 1.165) is 13.0 Å². The van der Waals surface area contributed by atoms with E-state index in [-0.39, 0.29) is 0 Å². The van der Waals surface area contributed by atoms with Crippen LogP contribution in [0.4, 0.5) is 0 Å². The summed E-state index contributed by atoms with van der Waals surface area (Å²) in [5.41, 5.74) is 2.60. The van der Waals surface area contributed by atoms with Gasteiger partial charge in [0, 0.05) is 19.3 Å². The molecule has 1 unspecified atom stereocenters. The van der Waals surface area contributed by atoms with Crippen molar-refractivity contribution in [3.05, 3.63) is 38.8 Å². The molecule has 17 heavy (non-hydrogen) atoms. The number of nitrogens with one attached hydrogen (secondary N) is 1. The second-order valence-corrected chi connectivity index (χ2v) is 6.31. The van der Waals surface area contributed by atoms with Gasteiger partial charge in [0.15, 0.2) is 0 Å². The van der Waals surface area contributed by atoms with Crippen molar-refractivity contribution < 1.29 is 0 Å². The number of rotatable bonds is 5. The minimum absolute atomic E-state index is 0.367. The van der Waals surface area contributed by atoms with E-state index in [1.807, 2.05) is 17.9 Å². The van der Waals surface area contributed by atoms with Crippen LogP contribution in [0.1, 0.15) is 24.1 Å². The zero-order valence-corrected chi connectivity index (χ0v) is 12.4. The van der Waals surface area contributed by atoms with Crippen molar-refractivity contribution in [2.45, 2.75) is 19.4 Å². The van der Waals surface area contributed by atoms with Crippen LogP contribution in [0.5, 0.6) is 0 Å². The van der Waals surface area contributed by atoms with Crippen LogP contribution in [-0.4, -0.2) is 16.3 Å². The fourth-order valence-electron chi connectivity index (χ4n) is 1.87. The van der Waals surface area contributed by atoms with Crippen LogP contribution >= 0.6 is 27.3 Å². The zero-order valence-electron chi connectivity index (χ0n) is 9.98. The summed E-state index contributed by atoms with van der Waals surface area (Å²) < 4.78 is 3.03. The summed E-state index contributed by atoms with van der Waals surface area (Å²) >= 11 is 5.25. The summed E-state index contributed by atoms with van der Waals surface area (Å²) in [6, 6.07) is 2.56. The third kappa shape index (κ3) is 3.40. The van der Waals surface area contributed by atoms with Gasteiger partial charge in [0.1, 0.15) is 0 Å². The fourth-order valence-corrected chi connectivity index (χ4v) is 3.10. The Morgan fingerprint density at radius 2 is 2.41 bits per heavy atom. The quantitative estimate of drug-likeness (QED) is 0.919. The molecule has 1 atom stereocenters. The van der Waals surface area contributed by atoms with Crippen LogP contribution < -0.4 is 5.32 Å². The van der Waals surface area contributed by atoms with Crippen LogP contribution in [0, 0.1) is 0 Å². The molecule has 0 radical (unpaired) electrons. The first-order valence-electron chi connectivity index (χ1n) is 5.64. The Bertz CT molecular complexity index is 478. The maximum absolute atomic E-state index is 4.21. The number of halogens is 1. The molecule has 0 saturated carbocycles. The summed E-state index contributed by atoms with van der Waals surface area (Å²) in [4.78, 5) is 0. The van der Waals surface area contributed by atoms with Crippen LogP contribution in [0.15, 0.2) is 27.6 Å². The maximum atomic E-state index is 4.21. The van der Waals surface area contributed by atoms with Gasteiger partial charge in [0.05, 0.1) is 9.98 Å². The van der Waals surface area contributed by atoms with E-state index < -0.39 is 0 Å². The number of aromatic nitrogens is 2. The van der Waals surface area contributed by atoms with Crippen LogP contribution in [0.3, 0.4) is 0 Å². The van der Waals surface area contributed by atoms with E-state index in [1.54, 1.807) is 11.3 Å². The first-order chi connectivity index (χ1) is 8.19. The molecular weight excluding hydrogens is 298 g/mol. The van der Waals surface area contributed by atoms with E-state index in [9.17, 15) is 0 Å². The molecule has 2 aromatic rings. The predicted molar refractivity (Wildman–Crippen MR) is 75.3 cm³/mol. The second kappa shape index (κ2) is 5.80. The molecule has 3 nitrogen and oxygen atoms in total. The van der Waals surface area contributed by atoms with Gasteiger partial charge in [-0.15, -0.1) is 11.3 Å². The van der Waals surface area contributed by atoms with Gasteiger partial charge >= 0.3 is 0 Å². The molecule has 92 valence electrons. The molecule has 5 heteroatoms. The van der Waals surface area contributed by atoms with Crippen LogP contribution in [0.25, 0.3) is 0 Å². The van der Waals surface area contributed by atoms with Gasteiger partial charge < -0.3 is 5.32 Å². The fraction of sp³-hybridized carbons (Fsp3) is 0.417. The van der Waals surface area contributed by atoms with Gasteiger partial charge in [0.25, 0.3) is 0 Å². The standard InChI is InChI=1S/C12H16BrN3S/c1-3-14-11(10-5-12(13)17-8-10)4-9-6-15-16(2)7-9/h5-8,11,14H,3-4H2,1-2H3. The molecule has 0 amide bonds. The van der Waals surface area contributed by atoms with E-state index in [4.69, 9.17) is 0 Å². The molecule has 2 aromatic heterocycles. The average Bonchev–Trinajstić information content (AvgIpc) is 2.87. The lowest BCUT2D eigenvalue weighted by molar-refractivity contribution is 0.551. The number of likely N-dealkylation sites (N-methyl/N-ethyl adjacent to an activating group) is 1. The van der Waals surface area contributed by atoms with Gasteiger partial charge in [-0.05, 0) is 51.5 Å². The Morgan fingerprint density at radius 3 is 2.94 bits per heavy atom. The Kier molecular flexibility index (Phi) is 4.36. The Balaban J connectivity index is 2.12. The molecule has 0 aromatic carbocycles. The Labute approximate surface area is 114 Å². The SMILES string of the molecule is CCNC(Cc1cnn(C)c1)c1csc(Br)c1. The molecule has 0 spiro atoms. The summed E-state index contributed by atoms with van der Waals surface area (Å²) in [5, 5.41) is 9.93. The summed E-state index contributed by atoms with van der Waals surface area (Å²) in [6.45, 7) is 3.11. The number of aryl methyl sites for hydroxylation is 1. The van der Waals surface area contributed by atoms with E-state index in [1.165, 1.54) is 14.9 Å². The van der Waals surface area contributed by atoms with Crippen molar-refractivity contribution in [1.29, 1.82) is 0 Å². The van der Waals surface area contributed by atoms with Gasteiger partial charge in [-0.25, -0.2) is 0 Å². The number of hydrogen-bond acceptors (Lipinski definition) is 3. The molecule has 0 fully saturated rings. The highest BCUT2D eigenvalue weighted by Crippen LogP contribution is 2.27. The molecule has 0 aliphatic rings. The lowest BCUT2D eigenvalue weighted by Gasteiger charge is -2.15. The molecule has 2 heterocycles. The summed E-state index contributed by atoms with van der Waals surface area (Å²) in [5.74, 6) is 0. The van der Waals surface area contributed by atoms with E-state index >= 15 is 0 Å². The third-order valence-electron chi connectivity index (χ3n) is 2.64. The molecule has 0 bridgehead atoms. The van der Waals surface area contributed by atoms with Gasteiger partial charge in [-0.2, -0.15) is 5.10 Å². The van der Waals surface area contributed by atoms with Crippen LogP contribution in [-0.2, 0) is 13.5 Å². The topological polar surface area (TPSA) is 29.9 Å². The van der Waals surface area contributed by atoms with Crippen molar-refractivity contribution in [2.24, 2.45) is 7.05 Å². The number of nitrogens with zero attached hydrogens (tertiary/aromatic N) is 2. The molecule has 1 N–H and O–H groups in total. The van der Waals surface area contributed by atoms with Crippen molar-refractivity contribution >= 4 is 27.3 Å². The minimum Gasteiger partial charge on any atom is -0.310 e. The van der Waals surface area contributed by atoms with Crippen molar-refractivity contribution in [3.63, 3.8) is 0 Å².